The smallest absolute Gasteiger partial charge is 0.417 e. The molecule has 192 valence electrons. The molecule has 0 bridgehead atoms. The predicted octanol–water partition coefficient (Wildman–Crippen LogP) is 6.24. The quantitative estimate of drug-likeness (QED) is 0.368. The second-order valence-electron chi connectivity index (χ2n) is 8.65. The van der Waals surface area contributed by atoms with Gasteiger partial charge in [-0.05, 0) is 36.6 Å². The number of aryl methyl sites for hydroxylation is 1. The maximum atomic E-state index is 14.5. The number of likely N-dealkylation sites (tertiary alicyclic amines) is 1. The van der Waals surface area contributed by atoms with Gasteiger partial charge in [-0.2, -0.15) is 13.2 Å². The Kier molecular flexibility index (Phi) is 7.00. The van der Waals surface area contributed by atoms with Crippen molar-refractivity contribution in [1.82, 2.24) is 14.9 Å². The van der Waals surface area contributed by atoms with Crippen LogP contribution in [0.2, 0.25) is 0 Å². The largest absolute Gasteiger partial charge is 0.475 e. The molecule has 36 heavy (non-hydrogen) atoms. The second kappa shape index (κ2) is 9.72. The Hall–Kier alpha value is -3.15. The van der Waals surface area contributed by atoms with E-state index >= 15 is 0 Å². The van der Waals surface area contributed by atoms with E-state index in [1.165, 1.54) is 35.6 Å². The van der Waals surface area contributed by atoms with Crippen molar-refractivity contribution >= 4 is 17.2 Å². The molecule has 0 radical (unpaired) electrons. The van der Waals surface area contributed by atoms with E-state index in [0.29, 0.717) is 21.6 Å². The number of amides is 1. The molecule has 0 saturated carbocycles. The summed E-state index contributed by atoms with van der Waals surface area (Å²) < 4.78 is 86.3. The first-order chi connectivity index (χ1) is 16.8. The molecule has 3 aromatic rings. The van der Waals surface area contributed by atoms with Crippen molar-refractivity contribution in [2.75, 3.05) is 13.2 Å². The number of rotatable bonds is 5. The third-order valence-corrected chi connectivity index (χ3v) is 6.87. The lowest BCUT2D eigenvalue weighted by molar-refractivity contribution is -0.137. The SMILES string of the molecule is Cc1nc(C(=O)N2CC(F)(F)CC(C)[C@H]2COc2ccc(C(F)(F)F)cn2)c(-c2ccc(F)cc2)s1. The molecular weight excluding hydrogens is 508 g/mol. The molecule has 1 unspecified atom stereocenters. The van der Waals surface area contributed by atoms with E-state index in [4.69, 9.17) is 4.74 Å². The molecule has 1 aromatic carbocycles. The van der Waals surface area contributed by atoms with Gasteiger partial charge in [0.25, 0.3) is 11.8 Å². The van der Waals surface area contributed by atoms with Crippen LogP contribution in [0.15, 0.2) is 42.6 Å². The molecule has 12 heteroatoms. The van der Waals surface area contributed by atoms with Crippen molar-refractivity contribution in [3.8, 4) is 16.3 Å². The zero-order valence-corrected chi connectivity index (χ0v) is 20.0. The van der Waals surface area contributed by atoms with Gasteiger partial charge in [-0.3, -0.25) is 4.79 Å². The van der Waals surface area contributed by atoms with E-state index in [1.54, 1.807) is 13.8 Å². The van der Waals surface area contributed by atoms with Gasteiger partial charge in [0, 0.05) is 18.7 Å². The number of halogens is 6. The minimum Gasteiger partial charge on any atom is -0.475 e. The summed E-state index contributed by atoms with van der Waals surface area (Å²) in [5, 5.41) is 0.524. The van der Waals surface area contributed by atoms with E-state index in [2.05, 4.69) is 9.97 Å². The minimum absolute atomic E-state index is 0.0355. The predicted molar refractivity (Wildman–Crippen MR) is 121 cm³/mol. The van der Waals surface area contributed by atoms with Crippen LogP contribution in [-0.2, 0) is 6.18 Å². The van der Waals surface area contributed by atoms with Gasteiger partial charge in [0.05, 0.1) is 28.0 Å². The van der Waals surface area contributed by atoms with Crippen LogP contribution in [0, 0.1) is 18.7 Å². The lowest BCUT2D eigenvalue weighted by Crippen LogP contribution is -2.57. The molecule has 0 aliphatic carbocycles. The van der Waals surface area contributed by atoms with Crippen molar-refractivity contribution in [2.24, 2.45) is 5.92 Å². The standard InChI is InChI=1S/C24H21F6N3O2S/c1-13-9-23(26,27)12-33(18(13)11-35-19-8-5-16(10-31-19)24(28,29)30)22(34)20-21(36-14(2)32-20)15-3-6-17(25)7-4-15/h3-8,10,13,18H,9,11-12H2,1-2H3/t13?,18-/m1/s1. The average Bonchev–Trinajstić information content (AvgIpc) is 3.19. The normalized spacial score (nSPS) is 19.8. The molecule has 1 aliphatic heterocycles. The van der Waals surface area contributed by atoms with E-state index in [0.717, 1.165) is 17.0 Å². The highest BCUT2D eigenvalue weighted by Gasteiger charge is 2.47. The Morgan fingerprint density at radius 2 is 1.89 bits per heavy atom. The molecule has 0 N–H and O–H groups in total. The van der Waals surface area contributed by atoms with Crippen LogP contribution in [0.3, 0.4) is 0 Å². The number of aromatic nitrogens is 2. The number of piperidine rings is 1. The highest BCUT2D eigenvalue weighted by atomic mass is 32.1. The van der Waals surface area contributed by atoms with Crippen LogP contribution < -0.4 is 4.74 Å². The summed E-state index contributed by atoms with van der Waals surface area (Å²) in [5.74, 6) is -5.18. The van der Waals surface area contributed by atoms with Crippen molar-refractivity contribution in [3.63, 3.8) is 0 Å². The fourth-order valence-electron chi connectivity index (χ4n) is 4.13. The summed E-state index contributed by atoms with van der Waals surface area (Å²) in [7, 11) is 0. The fourth-order valence-corrected chi connectivity index (χ4v) is 5.05. The Bertz CT molecular complexity index is 1230. The molecule has 1 fully saturated rings. The van der Waals surface area contributed by atoms with Crippen molar-refractivity contribution in [2.45, 2.75) is 38.4 Å². The van der Waals surface area contributed by atoms with Crippen LogP contribution >= 0.6 is 11.3 Å². The maximum Gasteiger partial charge on any atom is 0.417 e. The minimum atomic E-state index is -4.56. The summed E-state index contributed by atoms with van der Waals surface area (Å²) in [6.45, 7) is 2.09. The molecular formula is C24H21F6N3O2S. The van der Waals surface area contributed by atoms with Gasteiger partial charge < -0.3 is 9.64 Å². The average molecular weight is 530 g/mol. The lowest BCUT2D eigenvalue weighted by Gasteiger charge is -2.42. The number of carbonyl (C=O) groups is 1. The monoisotopic (exact) mass is 529 g/mol. The summed E-state index contributed by atoms with van der Waals surface area (Å²) in [6, 6.07) is 6.42. The van der Waals surface area contributed by atoms with Gasteiger partial charge in [0.15, 0.2) is 0 Å². The number of ether oxygens (including phenoxy) is 1. The number of hydrogen-bond donors (Lipinski definition) is 0. The van der Waals surface area contributed by atoms with Crippen LogP contribution in [-0.4, -0.2) is 45.9 Å². The molecule has 4 rings (SSSR count). The van der Waals surface area contributed by atoms with Crippen LogP contribution in [0.1, 0.15) is 34.4 Å². The Labute approximate surface area is 206 Å². The van der Waals surface area contributed by atoms with Gasteiger partial charge in [-0.25, -0.2) is 23.1 Å². The molecule has 2 aromatic heterocycles. The van der Waals surface area contributed by atoms with Crippen LogP contribution in [0.4, 0.5) is 26.3 Å². The fraction of sp³-hybridized carbons (Fsp3) is 0.375. The molecule has 5 nitrogen and oxygen atoms in total. The highest BCUT2D eigenvalue weighted by molar-refractivity contribution is 7.15. The number of nitrogens with zero attached hydrogens (tertiary/aromatic N) is 3. The number of benzene rings is 1. The lowest BCUT2D eigenvalue weighted by atomic mass is 9.88. The summed E-state index contributed by atoms with van der Waals surface area (Å²) in [5.41, 5.74) is -0.472. The number of pyridine rings is 1. The van der Waals surface area contributed by atoms with Crippen molar-refractivity contribution in [3.05, 3.63) is 64.7 Å². The Morgan fingerprint density at radius 3 is 2.50 bits per heavy atom. The van der Waals surface area contributed by atoms with Crippen molar-refractivity contribution in [1.29, 1.82) is 0 Å². The molecule has 3 heterocycles. The third-order valence-electron chi connectivity index (χ3n) is 5.85. The molecule has 1 saturated heterocycles. The Balaban J connectivity index is 1.60. The summed E-state index contributed by atoms with van der Waals surface area (Å²) >= 11 is 1.18. The van der Waals surface area contributed by atoms with E-state index < -0.39 is 54.3 Å². The van der Waals surface area contributed by atoms with E-state index in [-0.39, 0.29) is 18.2 Å². The maximum absolute atomic E-state index is 14.5. The Morgan fingerprint density at radius 1 is 1.19 bits per heavy atom. The molecule has 0 spiro atoms. The first kappa shape index (κ1) is 25.9. The summed E-state index contributed by atoms with van der Waals surface area (Å²) in [6.07, 6.45) is -4.44. The summed E-state index contributed by atoms with van der Waals surface area (Å²) in [4.78, 5) is 22.9. The van der Waals surface area contributed by atoms with Gasteiger partial charge in [-0.15, -0.1) is 11.3 Å². The van der Waals surface area contributed by atoms with Crippen LogP contribution in [0.25, 0.3) is 10.4 Å². The van der Waals surface area contributed by atoms with E-state index in [9.17, 15) is 31.1 Å². The molecule has 1 aliphatic rings. The van der Waals surface area contributed by atoms with Crippen LogP contribution in [0.5, 0.6) is 5.88 Å². The van der Waals surface area contributed by atoms with E-state index in [1.807, 2.05) is 0 Å². The zero-order chi connectivity index (χ0) is 26.3. The number of thiazole rings is 1. The topological polar surface area (TPSA) is 55.3 Å². The van der Waals surface area contributed by atoms with Gasteiger partial charge >= 0.3 is 6.18 Å². The number of hydrogen-bond acceptors (Lipinski definition) is 5. The zero-order valence-electron chi connectivity index (χ0n) is 19.2. The first-order valence-corrected chi connectivity index (χ1v) is 11.7. The number of alkyl halides is 5. The highest BCUT2D eigenvalue weighted by Crippen LogP contribution is 2.38. The van der Waals surface area contributed by atoms with Gasteiger partial charge in [0.2, 0.25) is 5.88 Å². The van der Waals surface area contributed by atoms with Gasteiger partial charge in [0.1, 0.15) is 18.1 Å². The number of carbonyl (C=O) groups excluding carboxylic acids is 1. The van der Waals surface area contributed by atoms with Gasteiger partial charge in [-0.1, -0.05) is 19.1 Å². The molecule has 2 atom stereocenters. The second-order valence-corrected chi connectivity index (χ2v) is 9.85. The molecule has 1 amide bonds. The van der Waals surface area contributed by atoms with Crippen molar-refractivity contribution < 1.29 is 35.9 Å². The first-order valence-electron chi connectivity index (χ1n) is 10.9. The third kappa shape index (κ3) is 5.63.